The molecule has 0 atom stereocenters. The molecule has 1 aliphatic carbocycles. The highest BCUT2D eigenvalue weighted by Gasteiger charge is 2.30. The molecule has 2 aliphatic rings. The van der Waals surface area contributed by atoms with Gasteiger partial charge in [0.1, 0.15) is 11.6 Å². The molecule has 2 aromatic carbocycles. The summed E-state index contributed by atoms with van der Waals surface area (Å²) in [6, 6.07) is 10.8. The Balaban J connectivity index is 1.37. The van der Waals surface area contributed by atoms with E-state index >= 15 is 0 Å². The van der Waals surface area contributed by atoms with Crippen LogP contribution in [0.3, 0.4) is 0 Å². The van der Waals surface area contributed by atoms with Gasteiger partial charge in [0, 0.05) is 24.2 Å². The lowest BCUT2D eigenvalue weighted by Gasteiger charge is -2.33. The molecule has 174 valence electrons. The molecule has 3 aromatic rings. The van der Waals surface area contributed by atoms with E-state index in [0.717, 1.165) is 29.8 Å². The molecule has 0 radical (unpaired) electrons. The molecule has 6 nitrogen and oxygen atoms in total. The number of aromatic nitrogens is 3. The van der Waals surface area contributed by atoms with Gasteiger partial charge < -0.3 is 9.88 Å². The van der Waals surface area contributed by atoms with Crippen LogP contribution in [0.25, 0.3) is 11.4 Å². The molecule has 1 saturated heterocycles. The second-order valence-corrected chi connectivity index (χ2v) is 9.56. The number of nitriles is 1. The van der Waals surface area contributed by atoms with Crippen LogP contribution in [0.1, 0.15) is 82.4 Å². The monoisotopic (exact) mass is 457 g/mol. The van der Waals surface area contributed by atoms with Crippen LogP contribution < -0.4 is 0 Å². The van der Waals surface area contributed by atoms with Crippen molar-refractivity contribution in [3.8, 4) is 17.5 Å². The minimum atomic E-state index is -0.335. The smallest absolute Gasteiger partial charge is 0.254 e. The summed E-state index contributed by atoms with van der Waals surface area (Å²) in [7, 11) is 0. The molecule has 34 heavy (non-hydrogen) atoms. The van der Waals surface area contributed by atoms with Gasteiger partial charge in [0.25, 0.3) is 5.91 Å². The number of rotatable bonds is 4. The lowest BCUT2D eigenvalue weighted by Crippen LogP contribution is -2.38. The molecule has 7 heteroatoms. The number of nitrogens with zero attached hydrogens (tertiary/aromatic N) is 4. The van der Waals surface area contributed by atoms with E-state index in [1.54, 1.807) is 12.1 Å². The van der Waals surface area contributed by atoms with Crippen molar-refractivity contribution in [2.75, 3.05) is 13.1 Å². The van der Waals surface area contributed by atoms with Gasteiger partial charge in [0.05, 0.1) is 11.6 Å². The van der Waals surface area contributed by atoms with Crippen molar-refractivity contribution in [1.82, 2.24) is 20.1 Å². The quantitative estimate of drug-likeness (QED) is 0.569. The normalized spacial score (nSPS) is 16.8. The molecule has 1 aliphatic heterocycles. The Morgan fingerprint density at radius 2 is 1.79 bits per heavy atom. The number of aromatic amines is 1. The third-order valence-electron chi connectivity index (χ3n) is 7.38. The second-order valence-electron chi connectivity index (χ2n) is 9.56. The van der Waals surface area contributed by atoms with Crippen molar-refractivity contribution >= 4 is 5.91 Å². The second kappa shape index (κ2) is 9.02. The van der Waals surface area contributed by atoms with Crippen LogP contribution in [0.2, 0.25) is 0 Å². The standard InChI is InChI=1S/C27H28FN5O/c1-16-12-23(19-4-3-5-19)24(26-30-17(2)31-32-26)14-22(16)27(34)33-10-8-20(9-11-33)21-7-6-18(15-29)13-25(21)28/h6-7,12-14,19-20H,3-5,8-11H2,1-2H3,(H,30,31,32). The number of carbonyl (C=O) groups excluding carboxylic acids is 1. The first-order chi connectivity index (χ1) is 16.4. The molecular formula is C27H28FN5O. The number of amides is 1. The molecule has 1 saturated carbocycles. The zero-order valence-electron chi connectivity index (χ0n) is 19.6. The van der Waals surface area contributed by atoms with E-state index in [9.17, 15) is 9.18 Å². The molecule has 1 aromatic heterocycles. The van der Waals surface area contributed by atoms with E-state index in [4.69, 9.17) is 5.26 Å². The summed E-state index contributed by atoms with van der Waals surface area (Å²) in [5.74, 6) is 1.68. The van der Waals surface area contributed by atoms with Gasteiger partial charge >= 0.3 is 0 Å². The van der Waals surface area contributed by atoms with Crippen molar-refractivity contribution in [2.24, 2.45) is 0 Å². The molecular weight excluding hydrogens is 429 g/mol. The summed E-state index contributed by atoms with van der Waals surface area (Å²) in [6.45, 7) is 5.03. The number of halogens is 1. The summed E-state index contributed by atoms with van der Waals surface area (Å²) in [5, 5.41) is 17.4. The third-order valence-corrected chi connectivity index (χ3v) is 7.38. The largest absolute Gasteiger partial charge is 0.339 e. The highest BCUT2D eigenvalue weighted by atomic mass is 19.1. The van der Waals surface area contributed by atoms with E-state index in [0.29, 0.717) is 54.4 Å². The molecule has 2 heterocycles. The third kappa shape index (κ3) is 4.09. The molecule has 1 N–H and O–H groups in total. The van der Waals surface area contributed by atoms with Gasteiger partial charge in [-0.05, 0) is 86.3 Å². The average molecular weight is 458 g/mol. The number of carbonyl (C=O) groups is 1. The number of aryl methyl sites for hydroxylation is 2. The Morgan fingerprint density at radius 3 is 2.38 bits per heavy atom. The number of piperidine rings is 1. The fourth-order valence-electron chi connectivity index (χ4n) is 5.18. The van der Waals surface area contributed by atoms with Crippen molar-refractivity contribution in [1.29, 1.82) is 5.26 Å². The average Bonchev–Trinajstić information content (AvgIpc) is 3.24. The zero-order chi connectivity index (χ0) is 23.8. The van der Waals surface area contributed by atoms with Crippen LogP contribution in [0.4, 0.5) is 4.39 Å². The predicted octanol–water partition coefficient (Wildman–Crippen LogP) is 5.39. The van der Waals surface area contributed by atoms with Crippen LogP contribution in [0.5, 0.6) is 0 Å². The van der Waals surface area contributed by atoms with Gasteiger partial charge in [0.2, 0.25) is 0 Å². The van der Waals surface area contributed by atoms with Crippen LogP contribution in [0.15, 0.2) is 30.3 Å². The molecule has 2 fully saturated rings. The first-order valence-electron chi connectivity index (χ1n) is 12.0. The highest BCUT2D eigenvalue weighted by Crippen LogP contribution is 2.42. The van der Waals surface area contributed by atoms with Gasteiger partial charge in [-0.3, -0.25) is 4.79 Å². The summed E-state index contributed by atoms with van der Waals surface area (Å²) < 4.78 is 14.5. The van der Waals surface area contributed by atoms with Gasteiger partial charge in [-0.2, -0.15) is 5.26 Å². The molecule has 1 amide bonds. The topological polar surface area (TPSA) is 85.7 Å². The Labute approximate surface area is 198 Å². The maximum atomic E-state index is 14.5. The maximum absolute atomic E-state index is 14.5. The highest BCUT2D eigenvalue weighted by molar-refractivity contribution is 5.97. The van der Waals surface area contributed by atoms with Crippen LogP contribution in [0, 0.1) is 31.0 Å². The van der Waals surface area contributed by atoms with E-state index in [-0.39, 0.29) is 17.6 Å². The minimum absolute atomic E-state index is 0.00824. The summed E-state index contributed by atoms with van der Waals surface area (Å²) in [5.41, 5.74) is 4.84. The van der Waals surface area contributed by atoms with Crippen LogP contribution >= 0.6 is 0 Å². The Hall–Kier alpha value is -3.53. The number of nitrogens with one attached hydrogen (secondary N) is 1. The number of hydrogen-bond acceptors (Lipinski definition) is 4. The Bertz CT molecular complexity index is 1280. The van der Waals surface area contributed by atoms with E-state index in [1.807, 2.05) is 30.9 Å². The Morgan fingerprint density at radius 1 is 1.06 bits per heavy atom. The summed E-state index contributed by atoms with van der Waals surface area (Å²) in [4.78, 5) is 18.6. The van der Waals surface area contributed by atoms with Crippen LogP contribution in [-0.4, -0.2) is 39.1 Å². The number of benzene rings is 2. The summed E-state index contributed by atoms with van der Waals surface area (Å²) >= 11 is 0. The maximum Gasteiger partial charge on any atom is 0.254 e. The van der Waals surface area contributed by atoms with Crippen molar-refractivity contribution in [2.45, 2.75) is 57.8 Å². The number of likely N-dealkylation sites (tertiary alicyclic amines) is 1. The molecule has 0 spiro atoms. The minimum Gasteiger partial charge on any atom is -0.339 e. The fourth-order valence-corrected chi connectivity index (χ4v) is 5.18. The predicted molar refractivity (Wildman–Crippen MR) is 127 cm³/mol. The van der Waals surface area contributed by atoms with Gasteiger partial charge in [0.15, 0.2) is 5.82 Å². The van der Waals surface area contributed by atoms with Crippen molar-refractivity contribution < 1.29 is 9.18 Å². The van der Waals surface area contributed by atoms with Gasteiger partial charge in [-0.25, -0.2) is 4.39 Å². The summed E-state index contributed by atoms with van der Waals surface area (Å²) in [6.07, 6.45) is 4.94. The molecule has 0 bridgehead atoms. The van der Waals surface area contributed by atoms with Crippen molar-refractivity contribution in [3.63, 3.8) is 0 Å². The lowest BCUT2D eigenvalue weighted by molar-refractivity contribution is 0.0711. The zero-order valence-corrected chi connectivity index (χ0v) is 19.6. The molecule has 0 unspecified atom stereocenters. The van der Waals surface area contributed by atoms with E-state index in [2.05, 4.69) is 21.2 Å². The van der Waals surface area contributed by atoms with E-state index < -0.39 is 0 Å². The first-order valence-corrected chi connectivity index (χ1v) is 12.0. The van der Waals surface area contributed by atoms with Gasteiger partial charge in [-0.1, -0.05) is 18.6 Å². The molecule has 5 rings (SSSR count). The number of H-pyrrole nitrogens is 1. The van der Waals surface area contributed by atoms with E-state index in [1.165, 1.54) is 18.1 Å². The fraction of sp³-hybridized carbons (Fsp3) is 0.407. The SMILES string of the molecule is Cc1nnc(-c2cc(C(=O)N3CCC(c4ccc(C#N)cc4F)CC3)c(C)cc2C2CCC2)[nH]1. The van der Waals surface area contributed by atoms with Crippen molar-refractivity contribution in [3.05, 3.63) is 69.8 Å². The number of hydrogen-bond donors (Lipinski definition) is 1. The first kappa shape index (κ1) is 22.3. The Kier molecular flexibility index (Phi) is 5.91. The van der Waals surface area contributed by atoms with Crippen LogP contribution in [-0.2, 0) is 0 Å². The van der Waals surface area contributed by atoms with Gasteiger partial charge in [-0.15, -0.1) is 10.2 Å². The lowest BCUT2D eigenvalue weighted by atomic mass is 9.77.